The summed E-state index contributed by atoms with van der Waals surface area (Å²) < 4.78 is 16.8. The number of esters is 1. The first-order valence-corrected chi connectivity index (χ1v) is 11.2. The van der Waals surface area contributed by atoms with E-state index in [0.29, 0.717) is 23.2 Å². The highest BCUT2D eigenvalue weighted by Crippen LogP contribution is 2.34. The van der Waals surface area contributed by atoms with Gasteiger partial charge in [0, 0.05) is 21.0 Å². The summed E-state index contributed by atoms with van der Waals surface area (Å²) >= 11 is 4.98. The van der Waals surface area contributed by atoms with Gasteiger partial charge in [-0.3, -0.25) is 5.43 Å². The van der Waals surface area contributed by atoms with Crippen LogP contribution in [0.3, 0.4) is 0 Å². The summed E-state index contributed by atoms with van der Waals surface area (Å²) in [5.74, 6) is 0.461. The summed E-state index contributed by atoms with van der Waals surface area (Å²) in [4.78, 5) is 16.4. The molecule has 3 rings (SSSR count). The molecular weight excluding hydrogens is 482 g/mol. The Bertz CT molecular complexity index is 1060. The average molecular weight is 504 g/mol. The maximum absolute atomic E-state index is 11.8. The van der Waals surface area contributed by atoms with E-state index in [4.69, 9.17) is 14.2 Å². The first-order chi connectivity index (χ1) is 15.0. The molecule has 0 spiro atoms. The molecule has 7 nitrogen and oxygen atoms in total. The first kappa shape index (κ1) is 22.8. The maximum atomic E-state index is 11.8. The number of halogens is 1. The second-order valence-electron chi connectivity index (χ2n) is 6.31. The number of hydrazone groups is 1. The fraction of sp³-hybridized carbons (Fsp3) is 0.227. The standard InChI is InChI=1S/C22H22BrN3O4S/c1-4-29-21(27)14(2)30-20-11-17(23)16(10-19(20)28-3)12-24-26-22-25-18(13-31-22)15-8-6-5-7-9-15/h5-14H,4H2,1-3H3,(H,25,26). The van der Waals surface area contributed by atoms with Crippen LogP contribution in [0.1, 0.15) is 19.4 Å². The largest absolute Gasteiger partial charge is 0.493 e. The number of hydrogen-bond donors (Lipinski definition) is 1. The highest BCUT2D eigenvalue weighted by molar-refractivity contribution is 9.10. The number of carbonyl (C=O) groups excluding carboxylic acids is 1. The number of benzene rings is 2. The molecule has 0 radical (unpaired) electrons. The van der Waals surface area contributed by atoms with E-state index >= 15 is 0 Å². The second kappa shape index (κ2) is 10.9. The third-order valence-corrected chi connectivity index (χ3v) is 5.58. The van der Waals surface area contributed by atoms with Crippen molar-refractivity contribution in [3.05, 3.63) is 57.9 Å². The first-order valence-electron chi connectivity index (χ1n) is 9.52. The van der Waals surface area contributed by atoms with Gasteiger partial charge < -0.3 is 14.2 Å². The Morgan fingerprint density at radius 3 is 2.77 bits per heavy atom. The van der Waals surface area contributed by atoms with Gasteiger partial charge in [0.25, 0.3) is 0 Å². The predicted molar refractivity (Wildman–Crippen MR) is 126 cm³/mol. The molecule has 0 aliphatic heterocycles. The Kier molecular flexibility index (Phi) is 8.02. The summed E-state index contributed by atoms with van der Waals surface area (Å²) in [7, 11) is 1.53. The number of hydrogen-bond acceptors (Lipinski definition) is 8. The molecule has 9 heteroatoms. The second-order valence-corrected chi connectivity index (χ2v) is 8.02. The van der Waals surface area contributed by atoms with Crippen molar-refractivity contribution in [2.45, 2.75) is 20.0 Å². The van der Waals surface area contributed by atoms with Gasteiger partial charge in [0.15, 0.2) is 17.6 Å². The van der Waals surface area contributed by atoms with E-state index in [-0.39, 0.29) is 0 Å². The van der Waals surface area contributed by atoms with Gasteiger partial charge in [0.05, 0.1) is 25.6 Å². The van der Waals surface area contributed by atoms with Crippen molar-refractivity contribution in [2.75, 3.05) is 19.1 Å². The quantitative estimate of drug-likeness (QED) is 0.240. The number of carbonyl (C=O) groups is 1. The van der Waals surface area contributed by atoms with E-state index < -0.39 is 12.1 Å². The number of ether oxygens (including phenoxy) is 3. The lowest BCUT2D eigenvalue weighted by Gasteiger charge is -2.16. The number of thiazole rings is 1. The fourth-order valence-corrected chi connectivity index (χ4v) is 3.72. The fourth-order valence-electron chi connectivity index (χ4n) is 2.62. The topological polar surface area (TPSA) is 82.0 Å². The van der Waals surface area contributed by atoms with Gasteiger partial charge >= 0.3 is 5.97 Å². The number of methoxy groups -OCH3 is 1. The molecule has 2 aromatic carbocycles. The number of nitrogens with zero attached hydrogens (tertiary/aromatic N) is 2. The van der Waals surface area contributed by atoms with E-state index in [9.17, 15) is 4.79 Å². The Labute approximate surface area is 193 Å². The molecule has 0 bridgehead atoms. The van der Waals surface area contributed by atoms with Crippen LogP contribution in [0.5, 0.6) is 11.5 Å². The number of anilines is 1. The summed E-state index contributed by atoms with van der Waals surface area (Å²) in [6, 6.07) is 13.4. The Morgan fingerprint density at radius 1 is 1.29 bits per heavy atom. The number of rotatable bonds is 9. The molecule has 0 saturated heterocycles. The molecule has 1 atom stereocenters. The van der Waals surface area contributed by atoms with Crippen molar-refractivity contribution >= 4 is 44.6 Å². The minimum atomic E-state index is -0.759. The zero-order valence-corrected chi connectivity index (χ0v) is 19.7. The zero-order valence-electron chi connectivity index (χ0n) is 17.3. The number of aromatic nitrogens is 1. The van der Waals surface area contributed by atoms with E-state index in [1.807, 2.05) is 35.7 Å². The molecule has 3 aromatic rings. The normalized spacial score (nSPS) is 11.9. The lowest BCUT2D eigenvalue weighted by molar-refractivity contribution is -0.150. The van der Waals surface area contributed by atoms with Crippen LogP contribution in [0.4, 0.5) is 5.13 Å². The molecule has 0 amide bonds. The van der Waals surface area contributed by atoms with Gasteiger partial charge in [-0.1, -0.05) is 30.3 Å². The SMILES string of the molecule is CCOC(=O)C(C)Oc1cc(Br)c(C=NNc2nc(-c3ccccc3)cs2)cc1OC. The van der Waals surface area contributed by atoms with Crippen LogP contribution in [0.2, 0.25) is 0 Å². The highest BCUT2D eigenvalue weighted by Gasteiger charge is 2.19. The molecule has 0 fully saturated rings. The predicted octanol–water partition coefficient (Wildman–Crippen LogP) is 5.36. The molecule has 162 valence electrons. The molecule has 1 heterocycles. The number of nitrogens with one attached hydrogen (secondary N) is 1. The van der Waals surface area contributed by atoms with Crippen LogP contribution >= 0.6 is 27.3 Å². The molecule has 1 unspecified atom stereocenters. The molecule has 1 aromatic heterocycles. The van der Waals surface area contributed by atoms with Crippen LogP contribution in [0.25, 0.3) is 11.3 Å². The third-order valence-electron chi connectivity index (χ3n) is 4.14. The maximum Gasteiger partial charge on any atom is 0.347 e. The Hall–Kier alpha value is -2.91. The zero-order chi connectivity index (χ0) is 22.2. The van der Waals surface area contributed by atoms with Crippen LogP contribution in [-0.4, -0.2) is 37.0 Å². The smallest absolute Gasteiger partial charge is 0.347 e. The van der Waals surface area contributed by atoms with Crippen molar-refractivity contribution in [1.29, 1.82) is 0 Å². The van der Waals surface area contributed by atoms with Crippen molar-refractivity contribution in [3.63, 3.8) is 0 Å². The molecule has 31 heavy (non-hydrogen) atoms. The van der Waals surface area contributed by atoms with E-state index in [0.717, 1.165) is 21.3 Å². The Balaban J connectivity index is 1.69. The molecule has 1 N–H and O–H groups in total. The minimum absolute atomic E-state index is 0.293. The summed E-state index contributed by atoms with van der Waals surface area (Å²) in [5.41, 5.74) is 5.65. The molecule has 0 saturated carbocycles. The van der Waals surface area contributed by atoms with E-state index in [2.05, 4.69) is 31.4 Å². The van der Waals surface area contributed by atoms with Crippen LogP contribution in [0, 0.1) is 0 Å². The minimum Gasteiger partial charge on any atom is -0.493 e. The van der Waals surface area contributed by atoms with Crippen molar-refractivity contribution < 1.29 is 19.0 Å². The summed E-state index contributed by atoms with van der Waals surface area (Å²) in [6.07, 6.45) is 0.889. The van der Waals surface area contributed by atoms with Crippen molar-refractivity contribution in [3.8, 4) is 22.8 Å². The van der Waals surface area contributed by atoms with E-state index in [1.54, 1.807) is 32.2 Å². The van der Waals surface area contributed by atoms with Crippen molar-refractivity contribution in [1.82, 2.24) is 4.98 Å². The molecule has 0 aliphatic rings. The third kappa shape index (κ3) is 6.05. The van der Waals surface area contributed by atoms with Gasteiger partial charge in [-0.15, -0.1) is 11.3 Å². The van der Waals surface area contributed by atoms with Gasteiger partial charge in [0.1, 0.15) is 0 Å². The molecule has 0 aliphatic carbocycles. The summed E-state index contributed by atoms with van der Waals surface area (Å²) in [6.45, 7) is 3.67. The van der Waals surface area contributed by atoms with Gasteiger partial charge in [-0.25, -0.2) is 9.78 Å². The van der Waals surface area contributed by atoms with Gasteiger partial charge in [-0.05, 0) is 41.9 Å². The monoisotopic (exact) mass is 503 g/mol. The lowest BCUT2D eigenvalue weighted by atomic mass is 10.2. The van der Waals surface area contributed by atoms with Crippen LogP contribution in [0.15, 0.2) is 57.4 Å². The van der Waals surface area contributed by atoms with Gasteiger partial charge in [-0.2, -0.15) is 5.10 Å². The van der Waals surface area contributed by atoms with Crippen LogP contribution < -0.4 is 14.9 Å². The lowest BCUT2D eigenvalue weighted by Crippen LogP contribution is -2.26. The van der Waals surface area contributed by atoms with Gasteiger partial charge in [0.2, 0.25) is 5.13 Å². The van der Waals surface area contributed by atoms with E-state index in [1.165, 1.54) is 18.4 Å². The Morgan fingerprint density at radius 2 is 2.06 bits per heavy atom. The highest BCUT2D eigenvalue weighted by atomic mass is 79.9. The summed E-state index contributed by atoms with van der Waals surface area (Å²) in [5, 5.41) is 6.93. The molecular formula is C22H22BrN3O4S. The van der Waals surface area contributed by atoms with Crippen molar-refractivity contribution in [2.24, 2.45) is 5.10 Å². The average Bonchev–Trinajstić information content (AvgIpc) is 3.25. The van der Waals surface area contributed by atoms with Crippen LogP contribution in [-0.2, 0) is 9.53 Å².